The Hall–Kier alpha value is -2.29. The van der Waals surface area contributed by atoms with E-state index in [0.717, 1.165) is 11.5 Å². The monoisotopic (exact) mass is 267 g/mol. The highest BCUT2D eigenvalue weighted by Gasteiger charge is 2.14. The van der Waals surface area contributed by atoms with Crippen LogP contribution in [0.3, 0.4) is 0 Å². The number of rotatable bonds is 3. The molecule has 0 spiro atoms. The van der Waals surface area contributed by atoms with E-state index in [0.29, 0.717) is 16.3 Å². The zero-order chi connectivity index (χ0) is 13.3. The average molecular weight is 267 g/mol. The molecule has 2 aromatic rings. The molecule has 18 heavy (non-hydrogen) atoms. The van der Waals surface area contributed by atoms with E-state index in [2.05, 4.69) is 9.59 Å². The molecule has 0 aliphatic carbocycles. The maximum Gasteiger partial charge on any atom is 0.288 e. The zero-order valence-corrected chi connectivity index (χ0v) is 10.2. The molecule has 0 radical (unpaired) electrons. The van der Waals surface area contributed by atoms with Crippen LogP contribution < -0.4 is 11.3 Å². The maximum absolute atomic E-state index is 11.7. The normalized spacial score (nSPS) is 10.5. The Kier molecular flexibility index (Phi) is 3.06. The number of hydrogen-bond donors (Lipinski definition) is 1. The summed E-state index contributed by atoms with van der Waals surface area (Å²) in [5.74, 6) is 0. The molecule has 0 bridgehead atoms. The van der Waals surface area contributed by atoms with E-state index < -0.39 is 4.92 Å². The van der Waals surface area contributed by atoms with Crippen molar-refractivity contribution in [3.63, 3.8) is 0 Å². The van der Waals surface area contributed by atoms with Gasteiger partial charge in [-0.3, -0.25) is 14.9 Å². The second kappa shape index (κ2) is 4.53. The Balaban J connectivity index is 2.45. The van der Waals surface area contributed by atoms with Crippen molar-refractivity contribution in [2.45, 2.75) is 13.5 Å². The van der Waals surface area contributed by atoms with Crippen LogP contribution >= 0.6 is 11.5 Å². The summed E-state index contributed by atoms with van der Waals surface area (Å²) in [7, 11) is 0. The lowest BCUT2D eigenvalue weighted by Crippen LogP contribution is -2.21. The molecule has 0 aromatic carbocycles. The molecule has 9 heteroatoms. The van der Waals surface area contributed by atoms with Crippen molar-refractivity contribution in [3.05, 3.63) is 44.0 Å². The van der Waals surface area contributed by atoms with Crippen molar-refractivity contribution in [3.8, 4) is 0 Å². The van der Waals surface area contributed by atoms with Crippen LogP contribution in [-0.2, 0) is 6.54 Å². The number of hydrogen-bond acceptors (Lipinski definition) is 7. The largest absolute Gasteiger partial charge is 0.388 e. The molecule has 2 heterocycles. The van der Waals surface area contributed by atoms with E-state index in [-0.39, 0.29) is 17.8 Å². The van der Waals surface area contributed by atoms with Gasteiger partial charge in [-0.2, -0.15) is 0 Å². The number of pyridine rings is 1. The fourth-order valence-electron chi connectivity index (χ4n) is 1.46. The maximum atomic E-state index is 11.7. The minimum Gasteiger partial charge on any atom is -0.388 e. The van der Waals surface area contributed by atoms with Crippen molar-refractivity contribution in [2.75, 3.05) is 5.73 Å². The number of nitrogens with zero attached hydrogens (tertiary/aromatic N) is 4. The molecule has 0 unspecified atom stereocenters. The third kappa shape index (κ3) is 2.20. The lowest BCUT2D eigenvalue weighted by atomic mass is 10.2. The molecule has 2 aromatic heterocycles. The van der Waals surface area contributed by atoms with Crippen LogP contribution in [0.4, 0.5) is 10.7 Å². The molecule has 0 aliphatic rings. The number of nitro groups is 1. The summed E-state index contributed by atoms with van der Waals surface area (Å²) in [4.78, 5) is 22.0. The van der Waals surface area contributed by atoms with E-state index in [1.54, 1.807) is 0 Å². The topological polar surface area (TPSA) is 117 Å². The first kappa shape index (κ1) is 12.2. The quantitative estimate of drug-likeness (QED) is 0.641. The van der Waals surface area contributed by atoms with Gasteiger partial charge in [0.05, 0.1) is 17.7 Å². The summed E-state index contributed by atoms with van der Waals surface area (Å²) in [5, 5.41) is 15.0. The molecule has 0 aliphatic heterocycles. The Morgan fingerprint density at radius 3 is 2.89 bits per heavy atom. The highest BCUT2D eigenvalue weighted by molar-refractivity contribution is 7.09. The summed E-state index contributed by atoms with van der Waals surface area (Å²) >= 11 is 1.01. The molecule has 2 N–H and O–H groups in total. The summed E-state index contributed by atoms with van der Waals surface area (Å²) in [6.07, 6.45) is 1.19. The van der Waals surface area contributed by atoms with Gasteiger partial charge in [-0.05, 0) is 6.92 Å². The smallest absolute Gasteiger partial charge is 0.288 e. The van der Waals surface area contributed by atoms with Crippen molar-refractivity contribution >= 4 is 22.2 Å². The van der Waals surface area contributed by atoms with Crippen LogP contribution in [0.1, 0.15) is 11.3 Å². The van der Waals surface area contributed by atoms with Gasteiger partial charge in [0.1, 0.15) is 10.7 Å². The van der Waals surface area contributed by atoms with Gasteiger partial charge in [-0.25, -0.2) is 0 Å². The molecule has 0 amide bonds. The predicted molar refractivity (Wildman–Crippen MR) is 65.5 cm³/mol. The van der Waals surface area contributed by atoms with Crippen LogP contribution in [0, 0.1) is 17.0 Å². The minimum atomic E-state index is -0.534. The fourth-order valence-corrected chi connectivity index (χ4v) is 1.89. The fraction of sp³-hybridized carbons (Fsp3) is 0.222. The van der Waals surface area contributed by atoms with E-state index in [4.69, 9.17) is 5.73 Å². The Bertz CT molecular complexity index is 662. The van der Waals surface area contributed by atoms with Gasteiger partial charge in [0.25, 0.3) is 11.2 Å². The summed E-state index contributed by atoms with van der Waals surface area (Å²) < 4.78 is 4.83. The Labute approximate surface area is 105 Å². The summed E-state index contributed by atoms with van der Waals surface area (Å²) in [5.41, 5.74) is 5.91. The van der Waals surface area contributed by atoms with Crippen molar-refractivity contribution in [1.29, 1.82) is 0 Å². The molecule has 2 rings (SSSR count). The van der Waals surface area contributed by atoms with Crippen LogP contribution in [-0.4, -0.2) is 19.1 Å². The zero-order valence-electron chi connectivity index (χ0n) is 9.36. The molecule has 0 atom stereocenters. The van der Waals surface area contributed by atoms with E-state index in [1.807, 2.05) is 0 Å². The van der Waals surface area contributed by atoms with Crippen molar-refractivity contribution in [1.82, 2.24) is 14.2 Å². The van der Waals surface area contributed by atoms with E-state index in [9.17, 15) is 14.9 Å². The molecule has 8 nitrogen and oxygen atoms in total. The highest BCUT2D eigenvalue weighted by atomic mass is 32.1. The third-order valence-corrected chi connectivity index (χ3v) is 3.00. The third-order valence-electron chi connectivity index (χ3n) is 2.41. The van der Waals surface area contributed by atoms with Gasteiger partial charge in [0.15, 0.2) is 0 Å². The lowest BCUT2D eigenvalue weighted by molar-refractivity contribution is -0.385. The Morgan fingerprint density at radius 2 is 2.33 bits per heavy atom. The van der Waals surface area contributed by atoms with Crippen LogP contribution in [0.2, 0.25) is 0 Å². The minimum absolute atomic E-state index is 0.0717. The van der Waals surface area contributed by atoms with E-state index in [1.165, 1.54) is 23.8 Å². The van der Waals surface area contributed by atoms with Gasteiger partial charge in [0.2, 0.25) is 0 Å². The number of anilines is 1. The van der Waals surface area contributed by atoms with Crippen LogP contribution in [0.15, 0.2) is 17.1 Å². The summed E-state index contributed by atoms with van der Waals surface area (Å²) in [6.45, 7) is 1.59. The molecule has 0 saturated heterocycles. The first-order valence-corrected chi connectivity index (χ1v) is 5.68. The lowest BCUT2D eigenvalue weighted by Gasteiger charge is -2.04. The second-order valence-electron chi connectivity index (χ2n) is 3.65. The average Bonchev–Trinajstić information content (AvgIpc) is 2.67. The predicted octanol–water partition coefficient (Wildman–Crippen LogP) is 0.547. The van der Waals surface area contributed by atoms with E-state index >= 15 is 0 Å². The van der Waals surface area contributed by atoms with Gasteiger partial charge in [-0.15, -0.1) is 5.10 Å². The number of nitrogen functional groups attached to an aromatic ring is 1. The van der Waals surface area contributed by atoms with Gasteiger partial charge in [-0.1, -0.05) is 4.49 Å². The molecular formula is C9H9N5O3S. The second-order valence-corrected chi connectivity index (χ2v) is 4.43. The molecule has 0 saturated carbocycles. The van der Waals surface area contributed by atoms with Gasteiger partial charge in [0, 0.05) is 23.2 Å². The number of nitrogens with two attached hydrogens (primary N) is 1. The summed E-state index contributed by atoms with van der Waals surface area (Å²) in [6, 6.07) is 1.22. The number of aryl methyl sites for hydroxylation is 1. The molecule has 0 fully saturated rings. The van der Waals surface area contributed by atoms with Crippen molar-refractivity contribution in [2.24, 2.45) is 0 Å². The van der Waals surface area contributed by atoms with Crippen LogP contribution in [0.5, 0.6) is 0 Å². The van der Waals surface area contributed by atoms with Crippen molar-refractivity contribution < 1.29 is 4.92 Å². The van der Waals surface area contributed by atoms with Gasteiger partial charge < -0.3 is 10.3 Å². The SMILES string of the molecule is Cc1cc(=O)n(Cc2nnsc2N)cc1[N+](=O)[O-]. The molecule has 94 valence electrons. The van der Waals surface area contributed by atoms with Gasteiger partial charge >= 0.3 is 0 Å². The highest BCUT2D eigenvalue weighted by Crippen LogP contribution is 2.17. The first-order chi connectivity index (χ1) is 8.49. The Morgan fingerprint density at radius 1 is 1.61 bits per heavy atom. The standard InChI is InChI=1S/C9H9N5O3S/c1-5-2-8(15)13(4-7(5)14(16)17)3-6-9(10)18-12-11-6/h2,4H,3,10H2,1H3. The first-order valence-electron chi connectivity index (χ1n) is 4.91. The number of aromatic nitrogens is 3. The van der Waals surface area contributed by atoms with Crippen LogP contribution in [0.25, 0.3) is 0 Å². The molecular weight excluding hydrogens is 258 g/mol.